The Morgan fingerprint density at radius 3 is 2.68 bits per heavy atom. The molecule has 0 spiro atoms. The average Bonchev–Trinajstić information content (AvgIpc) is 3.11. The smallest absolute Gasteiger partial charge is 0.240 e. The number of piperazine rings is 1. The standard InChI is InChI=1S/C21H24N4O2S/c1-27-17-6-4-5-16(13-17)14-24-9-11-25(12-10-24)15-20(26)23-21-22-18-7-2-3-8-19(18)28-21/h2-8,13H,9-12,14-15H2,1H3,(H,22,23,26). The molecule has 0 saturated carbocycles. The van der Waals surface area contributed by atoms with Crippen LogP contribution in [0.25, 0.3) is 10.2 Å². The Hall–Kier alpha value is -2.48. The van der Waals surface area contributed by atoms with E-state index in [0.29, 0.717) is 11.7 Å². The van der Waals surface area contributed by atoms with Crippen LogP contribution in [0, 0.1) is 0 Å². The van der Waals surface area contributed by atoms with Crippen LogP contribution in [0.1, 0.15) is 5.56 Å². The first kappa shape index (κ1) is 18.9. The second-order valence-corrected chi connectivity index (χ2v) is 7.97. The number of benzene rings is 2. The monoisotopic (exact) mass is 396 g/mol. The van der Waals surface area contributed by atoms with Crippen molar-refractivity contribution in [2.24, 2.45) is 0 Å². The Morgan fingerprint density at radius 2 is 1.89 bits per heavy atom. The van der Waals surface area contributed by atoms with Gasteiger partial charge in [-0.3, -0.25) is 14.6 Å². The zero-order chi connectivity index (χ0) is 19.3. The van der Waals surface area contributed by atoms with E-state index in [1.165, 1.54) is 16.9 Å². The molecule has 3 aromatic rings. The number of para-hydroxylation sites is 1. The number of nitrogens with zero attached hydrogens (tertiary/aromatic N) is 3. The fraction of sp³-hybridized carbons (Fsp3) is 0.333. The molecule has 0 unspecified atom stereocenters. The fourth-order valence-electron chi connectivity index (χ4n) is 3.42. The lowest BCUT2D eigenvalue weighted by atomic mass is 10.2. The van der Waals surface area contributed by atoms with Gasteiger partial charge in [-0.25, -0.2) is 4.98 Å². The zero-order valence-electron chi connectivity index (χ0n) is 15.9. The second-order valence-electron chi connectivity index (χ2n) is 6.94. The summed E-state index contributed by atoms with van der Waals surface area (Å²) in [5.74, 6) is 0.892. The first-order chi connectivity index (χ1) is 13.7. The summed E-state index contributed by atoms with van der Waals surface area (Å²) in [7, 11) is 1.69. The van der Waals surface area contributed by atoms with Crippen LogP contribution >= 0.6 is 11.3 Å². The summed E-state index contributed by atoms with van der Waals surface area (Å²) < 4.78 is 6.38. The molecule has 1 amide bonds. The number of carbonyl (C=O) groups excluding carboxylic acids is 1. The van der Waals surface area contributed by atoms with Gasteiger partial charge in [0.2, 0.25) is 5.91 Å². The summed E-state index contributed by atoms with van der Waals surface area (Å²) >= 11 is 1.51. The predicted molar refractivity (Wildman–Crippen MR) is 113 cm³/mol. The lowest BCUT2D eigenvalue weighted by Gasteiger charge is -2.34. The Morgan fingerprint density at radius 1 is 1.11 bits per heavy atom. The minimum absolute atomic E-state index is 0.000279. The van der Waals surface area contributed by atoms with Gasteiger partial charge < -0.3 is 10.1 Å². The van der Waals surface area contributed by atoms with Gasteiger partial charge in [0.15, 0.2) is 5.13 Å². The third-order valence-electron chi connectivity index (χ3n) is 4.91. The molecular weight excluding hydrogens is 372 g/mol. The van der Waals surface area contributed by atoms with Crippen LogP contribution in [0.5, 0.6) is 5.75 Å². The molecule has 1 aliphatic heterocycles. The molecule has 146 valence electrons. The number of hydrogen-bond donors (Lipinski definition) is 1. The zero-order valence-corrected chi connectivity index (χ0v) is 16.7. The van der Waals surface area contributed by atoms with Gasteiger partial charge >= 0.3 is 0 Å². The van der Waals surface area contributed by atoms with E-state index in [1.54, 1.807) is 7.11 Å². The van der Waals surface area contributed by atoms with Gasteiger partial charge in [0.05, 0.1) is 23.9 Å². The largest absolute Gasteiger partial charge is 0.497 e. The molecule has 1 saturated heterocycles. The minimum atomic E-state index is 0.000279. The fourth-order valence-corrected chi connectivity index (χ4v) is 4.30. The van der Waals surface area contributed by atoms with Crippen LogP contribution in [0.3, 0.4) is 0 Å². The lowest BCUT2D eigenvalue weighted by Crippen LogP contribution is -2.48. The van der Waals surface area contributed by atoms with Gasteiger partial charge in [-0.05, 0) is 29.8 Å². The van der Waals surface area contributed by atoms with Gasteiger partial charge in [0.1, 0.15) is 5.75 Å². The molecule has 2 aromatic carbocycles. The van der Waals surface area contributed by atoms with Crippen molar-refractivity contribution in [3.05, 3.63) is 54.1 Å². The quantitative estimate of drug-likeness (QED) is 0.694. The summed E-state index contributed by atoms with van der Waals surface area (Å²) in [5, 5.41) is 3.61. The first-order valence-corrected chi connectivity index (χ1v) is 10.2. The van der Waals surface area contributed by atoms with Crippen molar-refractivity contribution in [3.63, 3.8) is 0 Å². The maximum atomic E-state index is 12.4. The topological polar surface area (TPSA) is 57.7 Å². The van der Waals surface area contributed by atoms with E-state index in [-0.39, 0.29) is 5.91 Å². The molecule has 0 radical (unpaired) electrons. The molecule has 1 N–H and O–H groups in total. The summed E-state index contributed by atoms with van der Waals surface area (Å²) in [5.41, 5.74) is 2.18. The summed E-state index contributed by atoms with van der Waals surface area (Å²) in [6.07, 6.45) is 0. The van der Waals surface area contributed by atoms with Crippen LogP contribution in [-0.2, 0) is 11.3 Å². The van der Waals surface area contributed by atoms with Crippen LogP contribution in [0.2, 0.25) is 0 Å². The van der Waals surface area contributed by atoms with Crippen molar-refractivity contribution in [2.45, 2.75) is 6.54 Å². The summed E-state index contributed by atoms with van der Waals surface area (Å²) in [4.78, 5) is 21.5. The second kappa shape index (κ2) is 8.68. The molecule has 6 nitrogen and oxygen atoms in total. The molecular formula is C21H24N4O2S. The van der Waals surface area contributed by atoms with Crippen LogP contribution in [0.4, 0.5) is 5.13 Å². The third-order valence-corrected chi connectivity index (χ3v) is 5.86. The van der Waals surface area contributed by atoms with E-state index in [1.807, 2.05) is 36.4 Å². The highest BCUT2D eigenvalue weighted by Crippen LogP contribution is 2.25. The van der Waals surface area contributed by atoms with Crippen molar-refractivity contribution in [2.75, 3.05) is 45.2 Å². The number of nitrogens with one attached hydrogen (secondary N) is 1. The number of rotatable bonds is 6. The highest BCUT2D eigenvalue weighted by atomic mass is 32.1. The molecule has 2 heterocycles. The van der Waals surface area contributed by atoms with E-state index >= 15 is 0 Å². The maximum Gasteiger partial charge on any atom is 0.240 e. The molecule has 0 aliphatic carbocycles. The van der Waals surface area contributed by atoms with Crippen LogP contribution in [0.15, 0.2) is 48.5 Å². The normalized spacial score (nSPS) is 15.6. The number of ether oxygens (including phenoxy) is 1. The van der Waals surface area contributed by atoms with Gasteiger partial charge in [0, 0.05) is 32.7 Å². The van der Waals surface area contributed by atoms with Gasteiger partial charge in [0.25, 0.3) is 0 Å². The minimum Gasteiger partial charge on any atom is -0.497 e. The van der Waals surface area contributed by atoms with Crippen molar-refractivity contribution < 1.29 is 9.53 Å². The highest BCUT2D eigenvalue weighted by molar-refractivity contribution is 7.22. The molecule has 0 atom stereocenters. The van der Waals surface area contributed by atoms with Crippen LogP contribution < -0.4 is 10.1 Å². The SMILES string of the molecule is COc1cccc(CN2CCN(CC(=O)Nc3nc4ccccc4s3)CC2)c1. The number of methoxy groups -OCH3 is 1. The van der Waals surface area contributed by atoms with Crippen molar-refractivity contribution in [3.8, 4) is 5.75 Å². The van der Waals surface area contributed by atoms with Crippen molar-refractivity contribution >= 4 is 32.6 Å². The predicted octanol–water partition coefficient (Wildman–Crippen LogP) is 3.06. The van der Waals surface area contributed by atoms with E-state index in [2.05, 4.69) is 32.2 Å². The van der Waals surface area contributed by atoms with Crippen molar-refractivity contribution in [1.82, 2.24) is 14.8 Å². The Labute approximate surface area is 168 Å². The molecule has 1 aliphatic rings. The van der Waals surface area contributed by atoms with E-state index < -0.39 is 0 Å². The van der Waals surface area contributed by atoms with Gasteiger partial charge in [-0.15, -0.1) is 0 Å². The van der Waals surface area contributed by atoms with Gasteiger partial charge in [-0.2, -0.15) is 0 Å². The molecule has 28 heavy (non-hydrogen) atoms. The molecule has 4 rings (SSSR count). The molecule has 0 bridgehead atoms. The highest BCUT2D eigenvalue weighted by Gasteiger charge is 2.19. The number of thiazole rings is 1. The van der Waals surface area contributed by atoms with Gasteiger partial charge in [-0.1, -0.05) is 35.6 Å². The third kappa shape index (κ3) is 4.67. The summed E-state index contributed by atoms with van der Waals surface area (Å²) in [6, 6.07) is 16.1. The maximum absolute atomic E-state index is 12.4. The summed E-state index contributed by atoms with van der Waals surface area (Å²) in [6.45, 7) is 4.98. The Balaban J connectivity index is 1.25. The van der Waals surface area contributed by atoms with E-state index in [9.17, 15) is 4.79 Å². The Bertz CT molecular complexity index is 917. The number of aromatic nitrogens is 1. The molecule has 7 heteroatoms. The average molecular weight is 397 g/mol. The number of anilines is 1. The molecule has 1 fully saturated rings. The number of hydrogen-bond acceptors (Lipinski definition) is 6. The number of fused-ring (bicyclic) bond motifs is 1. The van der Waals surface area contributed by atoms with Crippen molar-refractivity contribution in [1.29, 1.82) is 0 Å². The first-order valence-electron chi connectivity index (χ1n) is 9.43. The number of amides is 1. The molecule has 1 aromatic heterocycles. The lowest BCUT2D eigenvalue weighted by molar-refractivity contribution is -0.117. The number of carbonyl (C=O) groups is 1. The Kier molecular flexibility index (Phi) is 5.85. The van der Waals surface area contributed by atoms with Crippen LogP contribution in [-0.4, -0.2) is 60.5 Å². The van der Waals surface area contributed by atoms with E-state index in [0.717, 1.165) is 48.7 Å². The van der Waals surface area contributed by atoms with E-state index in [4.69, 9.17) is 4.74 Å².